The molecule has 0 unspecified atom stereocenters. The zero-order valence-electron chi connectivity index (χ0n) is 14.9. The van der Waals surface area contributed by atoms with Gasteiger partial charge in [-0.15, -0.1) is 0 Å². The molecule has 4 heteroatoms. The van der Waals surface area contributed by atoms with Gasteiger partial charge in [-0.05, 0) is 50.9 Å². The van der Waals surface area contributed by atoms with E-state index in [0.717, 1.165) is 42.0 Å². The topological polar surface area (TPSA) is 37.3 Å². The average molecular weight is 325 g/mol. The predicted octanol–water partition coefficient (Wildman–Crippen LogP) is 3.13. The maximum atomic E-state index is 12.8. The predicted molar refractivity (Wildman–Crippen MR) is 98.3 cm³/mol. The summed E-state index contributed by atoms with van der Waals surface area (Å²) in [5.74, 6) is 0.0142. The molecule has 0 bridgehead atoms. The summed E-state index contributed by atoms with van der Waals surface area (Å²) in [6.07, 6.45) is 4.59. The lowest BCUT2D eigenvalue weighted by Gasteiger charge is -2.15. The molecule has 0 radical (unpaired) electrons. The number of nitrogens with one attached hydrogen (secondary N) is 1. The van der Waals surface area contributed by atoms with Crippen molar-refractivity contribution in [2.24, 2.45) is 7.05 Å². The van der Waals surface area contributed by atoms with E-state index in [-0.39, 0.29) is 5.91 Å². The third-order valence-corrected chi connectivity index (χ3v) is 4.84. The molecule has 2 heterocycles. The molecule has 128 valence electrons. The Morgan fingerprint density at radius 2 is 1.79 bits per heavy atom. The van der Waals surface area contributed by atoms with Gasteiger partial charge in [0, 0.05) is 31.9 Å². The van der Waals surface area contributed by atoms with E-state index in [1.165, 1.54) is 18.4 Å². The molecule has 24 heavy (non-hydrogen) atoms. The fourth-order valence-electron chi connectivity index (χ4n) is 3.56. The van der Waals surface area contributed by atoms with Crippen LogP contribution in [0.5, 0.6) is 0 Å². The first-order chi connectivity index (χ1) is 11.6. The summed E-state index contributed by atoms with van der Waals surface area (Å²) in [6, 6.07) is 8.38. The van der Waals surface area contributed by atoms with Gasteiger partial charge in [0.25, 0.3) is 5.91 Å². The Labute approximate surface area is 144 Å². The summed E-state index contributed by atoms with van der Waals surface area (Å²) in [5.41, 5.74) is 5.24. The van der Waals surface area contributed by atoms with Gasteiger partial charge in [-0.1, -0.05) is 29.8 Å². The molecule has 1 amide bonds. The molecule has 1 aromatic carbocycles. The van der Waals surface area contributed by atoms with Crippen molar-refractivity contribution in [3.8, 4) is 11.1 Å². The Morgan fingerprint density at radius 1 is 1.12 bits per heavy atom. The molecule has 3 rings (SSSR count). The Balaban J connectivity index is 1.76. The van der Waals surface area contributed by atoms with Gasteiger partial charge in [0.15, 0.2) is 0 Å². The van der Waals surface area contributed by atoms with E-state index >= 15 is 0 Å². The van der Waals surface area contributed by atoms with Gasteiger partial charge in [-0.2, -0.15) is 0 Å². The Kier molecular flexibility index (Phi) is 5.05. The van der Waals surface area contributed by atoms with Crippen molar-refractivity contribution in [2.75, 3.05) is 26.2 Å². The van der Waals surface area contributed by atoms with Crippen LogP contribution in [0.1, 0.15) is 34.5 Å². The van der Waals surface area contributed by atoms with E-state index < -0.39 is 0 Å². The maximum Gasteiger partial charge on any atom is 0.268 e. The molecule has 4 nitrogen and oxygen atoms in total. The Morgan fingerprint density at radius 3 is 2.46 bits per heavy atom. The molecular formula is C20H27N3O. The van der Waals surface area contributed by atoms with E-state index in [1.54, 1.807) is 0 Å². The average Bonchev–Trinajstić information content (AvgIpc) is 3.16. The zero-order valence-corrected chi connectivity index (χ0v) is 14.9. The summed E-state index contributed by atoms with van der Waals surface area (Å²) in [7, 11) is 1.94. The van der Waals surface area contributed by atoms with Crippen molar-refractivity contribution in [1.29, 1.82) is 0 Å². The van der Waals surface area contributed by atoms with Gasteiger partial charge in [0.1, 0.15) is 5.69 Å². The number of likely N-dealkylation sites (tertiary alicyclic amines) is 1. The van der Waals surface area contributed by atoms with Crippen molar-refractivity contribution in [3.63, 3.8) is 0 Å². The highest BCUT2D eigenvalue weighted by molar-refractivity contribution is 6.00. The first kappa shape index (κ1) is 16.8. The molecule has 1 fully saturated rings. The fraction of sp³-hybridized carbons (Fsp3) is 0.450. The van der Waals surface area contributed by atoms with Gasteiger partial charge < -0.3 is 14.8 Å². The van der Waals surface area contributed by atoms with Crippen LogP contribution in [-0.2, 0) is 7.05 Å². The second-order valence-corrected chi connectivity index (χ2v) is 6.82. The first-order valence-electron chi connectivity index (χ1n) is 8.80. The molecule has 0 spiro atoms. The molecule has 1 saturated heterocycles. The highest BCUT2D eigenvalue weighted by Crippen LogP contribution is 2.29. The molecule has 2 aromatic rings. The van der Waals surface area contributed by atoms with Crippen LogP contribution in [0.15, 0.2) is 30.5 Å². The normalized spacial score (nSPS) is 15.0. The van der Waals surface area contributed by atoms with Crippen molar-refractivity contribution in [1.82, 2.24) is 14.8 Å². The van der Waals surface area contributed by atoms with Crippen LogP contribution < -0.4 is 5.32 Å². The summed E-state index contributed by atoms with van der Waals surface area (Å²) >= 11 is 0. The monoisotopic (exact) mass is 325 g/mol. The number of aryl methyl sites for hydroxylation is 3. The molecule has 1 N–H and O–H groups in total. The second-order valence-electron chi connectivity index (χ2n) is 6.82. The molecule has 1 aliphatic rings. The minimum Gasteiger partial charge on any atom is -0.349 e. The van der Waals surface area contributed by atoms with Crippen LogP contribution in [0.25, 0.3) is 11.1 Å². The lowest BCUT2D eigenvalue weighted by atomic mass is 10.0. The van der Waals surface area contributed by atoms with Crippen LogP contribution in [0.3, 0.4) is 0 Å². The maximum absolute atomic E-state index is 12.8. The SMILES string of the molecule is Cc1ccc(-c2c(C)cn(C)c2C(=O)NCCN2CCCC2)cc1. The number of rotatable bonds is 5. The fourth-order valence-corrected chi connectivity index (χ4v) is 3.56. The second kappa shape index (κ2) is 7.22. The quantitative estimate of drug-likeness (QED) is 0.917. The van der Waals surface area contributed by atoms with Crippen LogP contribution in [0, 0.1) is 13.8 Å². The molecule has 1 aliphatic heterocycles. The number of hydrogen-bond acceptors (Lipinski definition) is 2. The molecule has 0 saturated carbocycles. The first-order valence-corrected chi connectivity index (χ1v) is 8.80. The largest absolute Gasteiger partial charge is 0.349 e. The van der Waals surface area contributed by atoms with E-state index in [0.29, 0.717) is 6.54 Å². The molecule has 1 aromatic heterocycles. The van der Waals surface area contributed by atoms with Crippen molar-refractivity contribution < 1.29 is 4.79 Å². The van der Waals surface area contributed by atoms with Crippen LogP contribution in [0.4, 0.5) is 0 Å². The zero-order chi connectivity index (χ0) is 17.1. The summed E-state index contributed by atoms with van der Waals surface area (Å²) in [5, 5.41) is 3.10. The van der Waals surface area contributed by atoms with Crippen LogP contribution in [0.2, 0.25) is 0 Å². The lowest BCUT2D eigenvalue weighted by molar-refractivity contribution is 0.0942. The summed E-state index contributed by atoms with van der Waals surface area (Å²) in [4.78, 5) is 15.2. The van der Waals surface area contributed by atoms with Crippen LogP contribution >= 0.6 is 0 Å². The van der Waals surface area contributed by atoms with Crippen LogP contribution in [-0.4, -0.2) is 41.6 Å². The van der Waals surface area contributed by atoms with Crippen molar-refractivity contribution in [2.45, 2.75) is 26.7 Å². The number of carbonyl (C=O) groups is 1. The van der Waals surface area contributed by atoms with E-state index in [4.69, 9.17) is 0 Å². The number of aromatic nitrogens is 1. The van der Waals surface area contributed by atoms with E-state index in [1.807, 2.05) is 17.8 Å². The number of benzene rings is 1. The van der Waals surface area contributed by atoms with Gasteiger partial charge in [-0.25, -0.2) is 0 Å². The van der Waals surface area contributed by atoms with E-state index in [9.17, 15) is 4.79 Å². The highest BCUT2D eigenvalue weighted by Gasteiger charge is 2.20. The number of hydrogen-bond donors (Lipinski definition) is 1. The van der Waals surface area contributed by atoms with Crippen molar-refractivity contribution in [3.05, 3.63) is 47.3 Å². The summed E-state index contributed by atoms with van der Waals surface area (Å²) < 4.78 is 1.94. The standard InChI is InChI=1S/C20H27N3O/c1-15-6-8-17(9-7-15)18-16(2)14-22(3)19(18)20(24)21-10-13-23-11-4-5-12-23/h6-9,14H,4-5,10-13H2,1-3H3,(H,21,24). The van der Waals surface area contributed by atoms with E-state index in [2.05, 4.69) is 48.3 Å². The van der Waals surface area contributed by atoms with Gasteiger partial charge >= 0.3 is 0 Å². The molecule has 0 atom stereocenters. The number of carbonyl (C=O) groups excluding carboxylic acids is 1. The highest BCUT2D eigenvalue weighted by atomic mass is 16.1. The molecular weight excluding hydrogens is 298 g/mol. The lowest BCUT2D eigenvalue weighted by Crippen LogP contribution is -2.34. The third-order valence-electron chi connectivity index (χ3n) is 4.84. The van der Waals surface area contributed by atoms with Gasteiger partial charge in [-0.3, -0.25) is 4.79 Å². The third kappa shape index (κ3) is 3.54. The number of nitrogens with zero attached hydrogens (tertiary/aromatic N) is 2. The van der Waals surface area contributed by atoms with Gasteiger partial charge in [0.05, 0.1) is 0 Å². The summed E-state index contributed by atoms with van der Waals surface area (Å²) in [6.45, 7) is 8.11. The Bertz CT molecular complexity index is 709. The minimum atomic E-state index is 0.0142. The Hall–Kier alpha value is -2.07. The minimum absolute atomic E-state index is 0.0142. The van der Waals surface area contributed by atoms with Gasteiger partial charge in [0.2, 0.25) is 0 Å². The smallest absolute Gasteiger partial charge is 0.268 e. The number of amides is 1. The molecule has 0 aliphatic carbocycles. The van der Waals surface area contributed by atoms with Crippen molar-refractivity contribution >= 4 is 5.91 Å².